The van der Waals surface area contributed by atoms with Crippen LogP contribution in [0.25, 0.3) is 0 Å². The summed E-state index contributed by atoms with van der Waals surface area (Å²) in [7, 11) is 0. The molecule has 2 heterocycles. The van der Waals surface area contributed by atoms with Crippen LogP contribution in [0, 0.1) is 6.92 Å². The number of thiazole rings is 1. The number of hydrogen-bond donors (Lipinski definition) is 1. The average molecular weight is 285 g/mol. The number of urea groups is 1. The lowest BCUT2D eigenvalue weighted by Crippen LogP contribution is -2.40. The lowest BCUT2D eigenvalue weighted by molar-refractivity contribution is -0.130. The molecule has 98 valence electrons. The summed E-state index contributed by atoms with van der Waals surface area (Å²) in [5, 5.41) is 4.65. The van der Waals surface area contributed by atoms with Gasteiger partial charge in [0.25, 0.3) is 5.91 Å². The topological polar surface area (TPSA) is 62.3 Å². The van der Waals surface area contributed by atoms with E-state index in [2.05, 4.69) is 10.3 Å². The van der Waals surface area contributed by atoms with Crippen LogP contribution in [0.2, 0.25) is 0 Å². The van der Waals surface area contributed by atoms with Gasteiger partial charge in [-0.3, -0.25) is 9.69 Å². The normalized spacial score (nSPS) is 18.3. The molecule has 1 aromatic rings. The van der Waals surface area contributed by atoms with Crippen LogP contribution in [0.4, 0.5) is 4.79 Å². The highest BCUT2D eigenvalue weighted by atomic mass is 32.2. The van der Waals surface area contributed by atoms with Crippen LogP contribution in [0.15, 0.2) is 9.72 Å². The number of hydrogen-bond acceptors (Lipinski definition) is 5. The fourth-order valence-electron chi connectivity index (χ4n) is 1.64. The van der Waals surface area contributed by atoms with Crippen LogP contribution >= 0.6 is 23.1 Å². The zero-order valence-electron chi connectivity index (χ0n) is 10.5. The molecule has 5 nitrogen and oxygen atoms in total. The van der Waals surface area contributed by atoms with Gasteiger partial charge in [-0.2, -0.15) is 0 Å². The Morgan fingerprint density at radius 3 is 2.72 bits per heavy atom. The van der Waals surface area contributed by atoms with Gasteiger partial charge in [-0.1, -0.05) is 11.8 Å². The van der Waals surface area contributed by atoms with Crippen molar-refractivity contribution >= 4 is 35.0 Å². The van der Waals surface area contributed by atoms with Gasteiger partial charge in [0.05, 0.1) is 0 Å². The third kappa shape index (κ3) is 2.67. The quantitative estimate of drug-likeness (QED) is 0.677. The van der Waals surface area contributed by atoms with Crippen molar-refractivity contribution in [2.24, 2.45) is 0 Å². The molecule has 0 atom stereocenters. The molecule has 1 N–H and O–H groups in total. The number of carbonyl (C=O) groups is 2. The molecule has 2 rings (SSSR count). The minimum absolute atomic E-state index is 0.164. The molecule has 7 heteroatoms. The summed E-state index contributed by atoms with van der Waals surface area (Å²) >= 11 is 3.15. The Bertz CT molecular complexity index is 484. The predicted molar refractivity (Wildman–Crippen MR) is 71.9 cm³/mol. The van der Waals surface area contributed by atoms with E-state index >= 15 is 0 Å². The number of aromatic nitrogens is 1. The van der Waals surface area contributed by atoms with Crippen molar-refractivity contribution in [2.45, 2.75) is 30.6 Å². The second-order valence-electron chi connectivity index (χ2n) is 4.62. The first-order valence-electron chi connectivity index (χ1n) is 5.59. The molecule has 18 heavy (non-hydrogen) atoms. The molecule has 0 aromatic carbocycles. The van der Waals surface area contributed by atoms with E-state index in [0.29, 0.717) is 12.3 Å². The van der Waals surface area contributed by atoms with Crippen LogP contribution in [-0.4, -0.2) is 39.7 Å². The van der Waals surface area contributed by atoms with Crippen LogP contribution in [-0.2, 0) is 4.79 Å². The van der Waals surface area contributed by atoms with Crippen molar-refractivity contribution in [1.82, 2.24) is 15.2 Å². The van der Waals surface area contributed by atoms with Gasteiger partial charge in [-0.05, 0) is 20.8 Å². The van der Waals surface area contributed by atoms with Gasteiger partial charge < -0.3 is 5.32 Å². The largest absolute Gasteiger partial charge is 0.325 e. The highest BCUT2D eigenvalue weighted by Crippen LogP contribution is 2.23. The van der Waals surface area contributed by atoms with E-state index in [0.717, 1.165) is 10.0 Å². The fourth-order valence-corrected chi connectivity index (χ4v) is 3.49. The predicted octanol–water partition coefficient (Wildman–Crippen LogP) is 1.87. The number of nitrogens with zero attached hydrogens (tertiary/aromatic N) is 2. The summed E-state index contributed by atoms with van der Waals surface area (Å²) in [6.07, 6.45) is 0. The highest BCUT2D eigenvalue weighted by molar-refractivity contribution is 8.01. The number of aryl methyl sites for hydroxylation is 1. The van der Waals surface area contributed by atoms with Gasteiger partial charge in [0.2, 0.25) is 0 Å². The number of imide groups is 1. The molecular formula is C11H15N3O2S2. The Hall–Kier alpha value is -1.08. The van der Waals surface area contributed by atoms with E-state index in [1.807, 2.05) is 12.3 Å². The molecular weight excluding hydrogens is 270 g/mol. The zero-order chi connectivity index (χ0) is 13.3. The van der Waals surface area contributed by atoms with Gasteiger partial charge in [0.1, 0.15) is 9.88 Å². The maximum Gasteiger partial charge on any atom is 0.325 e. The molecule has 0 radical (unpaired) electrons. The van der Waals surface area contributed by atoms with E-state index in [1.54, 1.807) is 36.9 Å². The van der Waals surface area contributed by atoms with Crippen molar-refractivity contribution in [3.63, 3.8) is 0 Å². The fraction of sp³-hybridized carbons (Fsp3) is 0.545. The smallest absolute Gasteiger partial charge is 0.324 e. The summed E-state index contributed by atoms with van der Waals surface area (Å²) in [4.78, 5) is 29.1. The number of nitrogens with one attached hydrogen (secondary N) is 1. The lowest BCUT2D eigenvalue weighted by Gasteiger charge is -2.15. The van der Waals surface area contributed by atoms with E-state index in [1.165, 1.54) is 4.90 Å². The average Bonchev–Trinajstić information content (AvgIpc) is 2.75. The van der Waals surface area contributed by atoms with E-state index in [9.17, 15) is 9.59 Å². The molecule has 0 bridgehead atoms. The minimum Gasteiger partial charge on any atom is -0.324 e. The zero-order valence-corrected chi connectivity index (χ0v) is 12.2. The Kier molecular flexibility index (Phi) is 3.63. The van der Waals surface area contributed by atoms with Gasteiger partial charge >= 0.3 is 6.03 Å². The third-order valence-electron chi connectivity index (χ3n) is 2.58. The monoisotopic (exact) mass is 285 g/mol. The number of thioether (sulfide) groups is 1. The number of rotatable bonds is 4. The molecule has 0 aliphatic carbocycles. The Morgan fingerprint density at radius 2 is 2.22 bits per heavy atom. The van der Waals surface area contributed by atoms with Gasteiger partial charge in [0, 0.05) is 23.4 Å². The second kappa shape index (κ2) is 4.89. The number of amides is 3. The first-order chi connectivity index (χ1) is 8.40. The van der Waals surface area contributed by atoms with Crippen LogP contribution < -0.4 is 5.32 Å². The second-order valence-corrected chi connectivity index (χ2v) is 6.82. The summed E-state index contributed by atoms with van der Waals surface area (Å²) in [6.45, 7) is 5.78. The number of carbonyl (C=O) groups excluding carboxylic acids is 2. The Morgan fingerprint density at radius 1 is 1.50 bits per heavy atom. The summed E-state index contributed by atoms with van der Waals surface area (Å²) < 4.78 is 0.971. The summed E-state index contributed by atoms with van der Waals surface area (Å²) in [5.74, 6) is 0.505. The summed E-state index contributed by atoms with van der Waals surface area (Å²) in [5.41, 5.74) is 0.220. The van der Waals surface area contributed by atoms with E-state index in [4.69, 9.17) is 0 Å². The minimum atomic E-state index is -0.778. The molecule has 3 amide bonds. The summed E-state index contributed by atoms with van der Waals surface area (Å²) in [6, 6.07) is -0.305. The van der Waals surface area contributed by atoms with Crippen LogP contribution in [0.5, 0.6) is 0 Å². The maximum absolute atomic E-state index is 11.9. The SMILES string of the molecule is Cc1csc(SCCN2C(=O)NC(C)(C)C2=O)n1. The van der Waals surface area contributed by atoms with E-state index in [-0.39, 0.29) is 11.9 Å². The van der Waals surface area contributed by atoms with Crippen LogP contribution in [0.3, 0.4) is 0 Å². The standard InChI is InChI=1S/C11H15N3O2S2/c1-7-6-18-10(12-7)17-5-4-14-8(15)11(2,3)13-9(14)16/h6H,4-5H2,1-3H3,(H,13,16). The Balaban J connectivity index is 1.87. The highest BCUT2D eigenvalue weighted by Gasteiger charge is 2.43. The molecule has 1 saturated heterocycles. The maximum atomic E-state index is 11.9. The van der Waals surface area contributed by atoms with Crippen molar-refractivity contribution in [1.29, 1.82) is 0 Å². The molecule has 0 spiro atoms. The van der Waals surface area contributed by atoms with Crippen molar-refractivity contribution in [2.75, 3.05) is 12.3 Å². The van der Waals surface area contributed by atoms with Gasteiger partial charge in [-0.15, -0.1) is 11.3 Å². The van der Waals surface area contributed by atoms with Gasteiger partial charge in [-0.25, -0.2) is 9.78 Å². The van der Waals surface area contributed by atoms with Crippen molar-refractivity contribution < 1.29 is 9.59 Å². The molecule has 0 unspecified atom stereocenters. The van der Waals surface area contributed by atoms with E-state index < -0.39 is 5.54 Å². The molecule has 1 aliphatic heterocycles. The molecule has 0 saturated carbocycles. The van der Waals surface area contributed by atoms with Crippen molar-refractivity contribution in [3.8, 4) is 0 Å². The molecule has 1 aliphatic rings. The first kappa shape index (κ1) is 13.4. The van der Waals surface area contributed by atoms with Gasteiger partial charge in [0.15, 0.2) is 0 Å². The molecule has 1 aromatic heterocycles. The molecule has 1 fully saturated rings. The third-order valence-corrected chi connectivity index (χ3v) is 4.70. The van der Waals surface area contributed by atoms with Crippen LogP contribution in [0.1, 0.15) is 19.5 Å². The first-order valence-corrected chi connectivity index (χ1v) is 7.46. The lowest BCUT2D eigenvalue weighted by atomic mass is 10.1. The van der Waals surface area contributed by atoms with Crippen molar-refractivity contribution in [3.05, 3.63) is 11.1 Å². The Labute approximate surface area is 114 Å².